The summed E-state index contributed by atoms with van der Waals surface area (Å²) in [5.74, 6) is 0.0242. The van der Waals surface area contributed by atoms with Crippen molar-refractivity contribution in [1.82, 2.24) is 0 Å². The van der Waals surface area contributed by atoms with E-state index in [9.17, 15) is 9.59 Å². The Balaban J connectivity index is 1.66. The molecule has 130 valence electrons. The second kappa shape index (κ2) is 7.38. The summed E-state index contributed by atoms with van der Waals surface area (Å²) in [6.45, 7) is 0.767. The van der Waals surface area contributed by atoms with Crippen molar-refractivity contribution in [2.24, 2.45) is 0 Å². The van der Waals surface area contributed by atoms with Gasteiger partial charge in [0.2, 0.25) is 5.91 Å². The van der Waals surface area contributed by atoms with Crippen molar-refractivity contribution < 1.29 is 9.59 Å². The summed E-state index contributed by atoms with van der Waals surface area (Å²) < 4.78 is 0. The average Bonchev–Trinajstić information content (AvgIpc) is 2.63. The van der Waals surface area contributed by atoms with E-state index in [1.165, 1.54) is 0 Å². The maximum absolute atomic E-state index is 12.3. The highest BCUT2D eigenvalue weighted by Gasteiger charge is 2.19. The molecule has 0 aromatic heterocycles. The topological polar surface area (TPSA) is 52.7 Å². The van der Waals surface area contributed by atoms with Crippen molar-refractivity contribution in [2.75, 3.05) is 35.8 Å². The van der Waals surface area contributed by atoms with Gasteiger partial charge >= 0.3 is 0 Å². The summed E-state index contributed by atoms with van der Waals surface area (Å²) in [6.07, 6.45) is 2.62. The van der Waals surface area contributed by atoms with Crippen molar-refractivity contribution in [1.29, 1.82) is 0 Å². The van der Waals surface area contributed by atoms with Crippen LogP contribution >= 0.6 is 0 Å². The van der Waals surface area contributed by atoms with Gasteiger partial charge in [0.15, 0.2) is 0 Å². The van der Waals surface area contributed by atoms with E-state index < -0.39 is 0 Å². The smallest absolute Gasteiger partial charge is 0.255 e. The van der Waals surface area contributed by atoms with Gasteiger partial charge in [-0.1, -0.05) is 0 Å². The number of anilines is 3. The number of rotatable bonds is 4. The fourth-order valence-electron chi connectivity index (χ4n) is 2.92. The van der Waals surface area contributed by atoms with Gasteiger partial charge in [-0.3, -0.25) is 9.59 Å². The highest BCUT2D eigenvalue weighted by molar-refractivity contribution is 6.04. The zero-order valence-electron chi connectivity index (χ0n) is 14.7. The molecule has 5 heteroatoms. The number of carbonyl (C=O) groups is 2. The first-order chi connectivity index (χ1) is 12.0. The summed E-state index contributed by atoms with van der Waals surface area (Å²) >= 11 is 0. The van der Waals surface area contributed by atoms with Crippen LogP contribution in [0.3, 0.4) is 0 Å². The third kappa shape index (κ3) is 3.99. The molecule has 2 aromatic carbocycles. The van der Waals surface area contributed by atoms with Crippen molar-refractivity contribution >= 4 is 28.9 Å². The first-order valence-corrected chi connectivity index (χ1v) is 8.54. The number of amides is 2. The Hall–Kier alpha value is -2.82. The van der Waals surface area contributed by atoms with E-state index >= 15 is 0 Å². The summed E-state index contributed by atoms with van der Waals surface area (Å²) in [5.41, 5.74) is 3.26. The first-order valence-electron chi connectivity index (χ1n) is 8.54. The Bertz CT molecular complexity index is 752. The lowest BCUT2D eigenvalue weighted by atomic mass is 10.1. The molecule has 0 radical (unpaired) electrons. The number of hydrogen-bond donors (Lipinski definition) is 1. The van der Waals surface area contributed by atoms with Crippen LogP contribution in [0.25, 0.3) is 0 Å². The van der Waals surface area contributed by atoms with E-state index in [-0.39, 0.29) is 11.8 Å². The molecule has 0 aliphatic carbocycles. The molecule has 2 aromatic rings. The van der Waals surface area contributed by atoms with Crippen molar-refractivity contribution in [2.45, 2.75) is 19.3 Å². The van der Waals surface area contributed by atoms with Crippen molar-refractivity contribution in [3.63, 3.8) is 0 Å². The first kappa shape index (κ1) is 17.0. The van der Waals surface area contributed by atoms with E-state index in [2.05, 4.69) is 5.32 Å². The van der Waals surface area contributed by atoms with Crippen LogP contribution in [0.5, 0.6) is 0 Å². The fourth-order valence-corrected chi connectivity index (χ4v) is 2.92. The SMILES string of the molecule is CN(C)c1ccc(C(=O)Nc2ccc(N3CCCCC3=O)cc2)cc1. The fraction of sp³-hybridized carbons (Fsp3) is 0.300. The van der Waals surface area contributed by atoms with Gasteiger partial charge in [-0.15, -0.1) is 0 Å². The maximum Gasteiger partial charge on any atom is 0.255 e. The second-order valence-electron chi connectivity index (χ2n) is 6.44. The van der Waals surface area contributed by atoms with Crippen molar-refractivity contribution in [3.05, 3.63) is 54.1 Å². The van der Waals surface area contributed by atoms with Gasteiger partial charge in [0.25, 0.3) is 5.91 Å². The third-order valence-electron chi connectivity index (χ3n) is 4.41. The second-order valence-corrected chi connectivity index (χ2v) is 6.44. The number of carbonyl (C=O) groups excluding carboxylic acids is 2. The molecule has 0 unspecified atom stereocenters. The Morgan fingerprint density at radius 2 is 1.68 bits per heavy atom. The molecule has 0 saturated carbocycles. The standard InChI is InChI=1S/C20H23N3O2/c1-22(2)17-10-6-15(7-11-17)20(25)21-16-8-12-18(13-9-16)23-14-4-3-5-19(23)24/h6-13H,3-5,14H2,1-2H3,(H,21,25). The molecule has 0 atom stereocenters. The van der Waals surface area contributed by atoms with E-state index in [0.717, 1.165) is 36.4 Å². The predicted octanol–water partition coefficient (Wildman–Crippen LogP) is 3.52. The Morgan fingerprint density at radius 3 is 2.28 bits per heavy atom. The van der Waals surface area contributed by atoms with Crippen LogP contribution in [0.1, 0.15) is 29.6 Å². The number of nitrogens with one attached hydrogen (secondary N) is 1. The van der Waals surface area contributed by atoms with Crippen LogP contribution in [0, 0.1) is 0 Å². The molecule has 0 bridgehead atoms. The molecule has 2 amide bonds. The summed E-state index contributed by atoms with van der Waals surface area (Å²) in [7, 11) is 3.92. The normalized spacial score (nSPS) is 14.3. The molecule has 1 aliphatic rings. The van der Waals surface area contributed by atoms with Crippen LogP contribution in [-0.4, -0.2) is 32.5 Å². The minimum absolute atomic E-state index is 0.146. The highest BCUT2D eigenvalue weighted by Crippen LogP contribution is 2.23. The molecule has 5 nitrogen and oxygen atoms in total. The lowest BCUT2D eigenvalue weighted by Crippen LogP contribution is -2.35. The molecule has 25 heavy (non-hydrogen) atoms. The van der Waals surface area contributed by atoms with Gasteiger partial charge in [0.1, 0.15) is 0 Å². The lowest BCUT2D eigenvalue weighted by molar-refractivity contribution is -0.119. The van der Waals surface area contributed by atoms with Gasteiger partial charge in [0, 0.05) is 49.7 Å². The van der Waals surface area contributed by atoms with Crippen LogP contribution in [-0.2, 0) is 4.79 Å². The molecule has 0 spiro atoms. The summed E-state index contributed by atoms with van der Waals surface area (Å²) in [4.78, 5) is 28.1. The van der Waals surface area contributed by atoms with Crippen molar-refractivity contribution in [3.8, 4) is 0 Å². The van der Waals surface area contributed by atoms with E-state index in [4.69, 9.17) is 0 Å². The average molecular weight is 337 g/mol. The molecular formula is C20H23N3O2. The van der Waals surface area contributed by atoms with Crippen LogP contribution < -0.4 is 15.1 Å². The number of hydrogen-bond acceptors (Lipinski definition) is 3. The number of benzene rings is 2. The predicted molar refractivity (Wildman–Crippen MR) is 101 cm³/mol. The molecule has 1 heterocycles. The number of nitrogens with zero attached hydrogens (tertiary/aromatic N) is 2. The van der Waals surface area contributed by atoms with Crippen LogP contribution in [0.4, 0.5) is 17.1 Å². The molecule has 3 rings (SSSR count). The molecule has 1 N–H and O–H groups in total. The minimum atomic E-state index is -0.146. The van der Waals surface area contributed by atoms with Gasteiger partial charge in [0.05, 0.1) is 0 Å². The van der Waals surface area contributed by atoms with Crippen LogP contribution in [0.15, 0.2) is 48.5 Å². The Morgan fingerprint density at radius 1 is 1.00 bits per heavy atom. The van der Waals surface area contributed by atoms with Gasteiger partial charge in [-0.2, -0.15) is 0 Å². The van der Waals surface area contributed by atoms with E-state index in [1.54, 1.807) is 0 Å². The molecule has 1 saturated heterocycles. The zero-order valence-corrected chi connectivity index (χ0v) is 14.7. The quantitative estimate of drug-likeness (QED) is 0.929. The van der Waals surface area contributed by atoms with E-state index in [1.807, 2.05) is 72.4 Å². The summed E-state index contributed by atoms with van der Waals surface area (Å²) in [5, 5.41) is 2.89. The Labute approximate surface area is 148 Å². The molecule has 1 aliphatic heterocycles. The highest BCUT2D eigenvalue weighted by atomic mass is 16.2. The monoisotopic (exact) mass is 337 g/mol. The van der Waals surface area contributed by atoms with Crippen LogP contribution in [0.2, 0.25) is 0 Å². The summed E-state index contributed by atoms with van der Waals surface area (Å²) in [6, 6.07) is 14.9. The van der Waals surface area contributed by atoms with Gasteiger partial charge < -0.3 is 15.1 Å². The van der Waals surface area contributed by atoms with E-state index in [0.29, 0.717) is 12.0 Å². The largest absolute Gasteiger partial charge is 0.378 e. The zero-order chi connectivity index (χ0) is 17.8. The number of piperidine rings is 1. The molecule has 1 fully saturated rings. The Kier molecular flexibility index (Phi) is 5.03. The minimum Gasteiger partial charge on any atom is -0.378 e. The van der Waals surface area contributed by atoms with Gasteiger partial charge in [-0.25, -0.2) is 0 Å². The maximum atomic E-state index is 12.3. The lowest BCUT2D eigenvalue weighted by Gasteiger charge is -2.26. The third-order valence-corrected chi connectivity index (χ3v) is 4.41. The van der Waals surface area contributed by atoms with Gasteiger partial charge in [-0.05, 0) is 61.4 Å². The molecular weight excluding hydrogens is 314 g/mol.